The van der Waals surface area contributed by atoms with Crippen molar-refractivity contribution in [3.63, 3.8) is 0 Å². The van der Waals surface area contributed by atoms with E-state index < -0.39 is 0 Å². The molecular formula is C19H25N7O3. The third-order valence-corrected chi connectivity index (χ3v) is 6.42. The summed E-state index contributed by atoms with van der Waals surface area (Å²) in [5.41, 5.74) is 5.67. The quantitative estimate of drug-likeness (QED) is 0.700. The van der Waals surface area contributed by atoms with E-state index >= 15 is 0 Å². The number of carbonyl (C=O) groups is 1. The van der Waals surface area contributed by atoms with Crippen LogP contribution in [-0.2, 0) is 16.1 Å². The molecule has 0 aromatic carbocycles. The Morgan fingerprint density at radius 1 is 1.48 bits per heavy atom. The van der Waals surface area contributed by atoms with Gasteiger partial charge in [-0.15, -0.1) is 0 Å². The van der Waals surface area contributed by atoms with Gasteiger partial charge in [0.2, 0.25) is 17.7 Å². The number of aromatic nitrogens is 4. The van der Waals surface area contributed by atoms with Gasteiger partial charge in [0.15, 0.2) is 0 Å². The Morgan fingerprint density at radius 3 is 3.17 bits per heavy atom. The first-order chi connectivity index (χ1) is 14.1. The minimum absolute atomic E-state index is 0.0336. The normalized spacial score (nSPS) is 29.8. The number of nitrogen functional groups attached to an aromatic ring is 1. The van der Waals surface area contributed by atoms with Crippen molar-refractivity contribution >= 4 is 17.7 Å². The second kappa shape index (κ2) is 6.87. The van der Waals surface area contributed by atoms with Gasteiger partial charge in [-0.05, 0) is 18.9 Å². The number of hydrogen-bond donors (Lipinski definition) is 2. The number of hydrogen-bond acceptors (Lipinski definition) is 8. The van der Waals surface area contributed by atoms with Crippen LogP contribution >= 0.6 is 0 Å². The zero-order chi connectivity index (χ0) is 20.0. The third kappa shape index (κ3) is 3.17. The Hall–Kier alpha value is -2.88. The molecule has 0 radical (unpaired) electrons. The molecule has 4 atom stereocenters. The molecule has 2 aromatic rings. The first kappa shape index (κ1) is 18.2. The summed E-state index contributed by atoms with van der Waals surface area (Å²) in [5.74, 6) is 2.00. The van der Waals surface area contributed by atoms with Crippen LogP contribution < -0.4 is 20.7 Å². The standard InChI is InChI=1S/C19H25N7O3/c1-28-17-7-15(23-18(20)24-17)25-9-13-12(14-3-4-19(13,11-25)29-14)8-21-16(27)10-26-6-2-5-22-26/h2,5-7,12-14H,3-4,8-11H2,1H3,(H,21,27)(H2,20,23,24)/t12-,13+,14+,19+/m0/s1. The van der Waals surface area contributed by atoms with Crippen LogP contribution in [0.3, 0.4) is 0 Å². The molecule has 2 aromatic heterocycles. The van der Waals surface area contributed by atoms with E-state index in [1.165, 1.54) is 0 Å². The fourth-order valence-corrected chi connectivity index (χ4v) is 5.16. The number of fused-ring (bicyclic) bond motifs is 1. The van der Waals surface area contributed by atoms with Crippen LogP contribution in [0, 0.1) is 11.8 Å². The van der Waals surface area contributed by atoms with Crippen molar-refractivity contribution in [1.29, 1.82) is 0 Å². The molecule has 1 amide bonds. The van der Waals surface area contributed by atoms with Gasteiger partial charge in [-0.1, -0.05) is 0 Å². The summed E-state index contributed by atoms with van der Waals surface area (Å²) in [6, 6.07) is 3.62. The minimum atomic E-state index is -0.172. The predicted molar refractivity (Wildman–Crippen MR) is 104 cm³/mol. The lowest BCUT2D eigenvalue weighted by Crippen LogP contribution is -2.42. The van der Waals surface area contributed by atoms with Crippen LogP contribution in [0.25, 0.3) is 0 Å². The Labute approximate surface area is 168 Å². The molecule has 3 N–H and O–H groups in total. The van der Waals surface area contributed by atoms with Crippen LogP contribution in [0.5, 0.6) is 5.88 Å². The summed E-state index contributed by atoms with van der Waals surface area (Å²) in [6.07, 6.45) is 5.72. The van der Waals surface area contributed by atoms with Crippen molar-refractivity contribution in [3.8, 4) is 5.88 Å². The number of nitrogens with one attached hydrogen (secondary N) is 1. The van der Waals surface area contributed by atoms with E-state index in [1.807, 2.05) is 6.07 Å². The van der Waals surface area contributed by atoms with Gasteiger partial charge in [0.05, 0.1) is 18.8 Å². The first-order valence-corrected chi connectivity index (χ1v) is 9.92. The Kier molecular flexibility index (Phi) is 4.30. The van der Waals surface area contributed by atoms with Gasteiger partial charge in [-0.3, -0.25) is 9.48 Å². The van der Waals surface area contributed by atoms with E-state index in [0.29, 0.717) is 18.3 Å². The number of ether oxygens (including phenoxy) is 2. The summed E-state index contributed by atoms with van der Waals surface area (Å²) in [4.78, 5) is 22.9. The van der Waals surface area contributed by atoms with Crippen molar-refractivity contribution in [3.05, 3.63) is 24.5 Å². The molecule has 3 aliphatic heterocycles. The maximum Gasteiger partial charge on any atom is 0.241 e. The van der Waals surface area contributed by atoms with Crippen LogP contribution in [0.15, 0.2) is 24.5 Å². The second-order valence-electron chi connectivity index (χ2n) is 8.05. The highest BCUT2D eigenvalue weighted by molar-refractivity contribution is 5.75. The lowest BCUT2D eigenvalue weighted by molar-refractivity contribution is -0.122. The number of amides is 1. The highest BCUT2D eigenvalue weighted by Crippen LogP contribution is 2.55. The zero-order valence-electron chi connectivity index (χ0n) is 16.3. The van der Waals surface area contributed by atoms with Crippen molar-refractivity contribution in [2.24, 2.45) is 11.8 Å². The molecule has 0 aliphatic carbocycles. The highest BCUT2D eigenvalue weighted by Gasteiger charge is 2.63. The van der Waals surface area contributed by atoms with Gasteiger partial charge in [0.1, 0.15) is 12.4 Å². The topological polar surface area (TPSA) is 120 Å². The highest BCUT2D eigenvalue weighted by atomic mass is 16.5. The molecule has 10 nitrogen and oxygen atoms in total. The summed E-state index contributed by atoms with van der Waals surface area (Å²) < 4.78 is 13.3. The number of nitrogens with two attached hydrogens (primary N) is 1. The van der Waals surface area contributed by atoms with Crippen molar-refractivity contribution in [2.75, 3.05) is 37.4 Å². The number of anilines is 2. The molecular weight excluding hydrogens is 374 g/mol. The van der Waals surface area contributed by atoms with Gasteiger partial charge in [-0.2, -0.15) is 15.1 Å². The molecule has 2 bridgehead atoms. The predicted octanol–water partition coefficient (Wildman–Crippen LogP) is 0.0641. The zero-order valence-corrected chi connectivity index (χ0v) is 16.3. The van der Waals surface area contributed by atoms with Gasteiger partial charge >= 0.3 is 0 Å². The molecule has 3 aliphatic rings. The summed E-state index contributed by atoms with van der Waals surface area (Å²) in [7, 11) is 1.57. The molecule has 154 valence electrons. The maximum atomic E-state index is 12.3. The van der Waals surface area contributed by atoms with Gasteiger partial charge in [0.25, 0.3) is 0 Å². The lowest BCUT2D eigenvalue weighted by Gasteiger charge is -2.29. The summed E-state index contributed by atoms with van der Waals surface area (Å²) in [5, 5.41) is 7.16. The second-order valence-corrected chi connectivity index (χ2v) is 8.05. The monoisotopic (exact) mass is 399 g/mol. The summed E-state index contributed by atoms with van der Waals surface area (Å²) in [6.45, 7) is 2.43. The average molecular weight is 399 g/mol. The number of methoxy groups -OCH3 is 1. The minimum Gasteiger partial charge on any atom is -0.481 e. The molecule has 0 saturated carbocycles. The van der Waals surface area contributed by atoms with Gasteiger partial charge in [-0.25, -0.2) is 0 Å². The van der Waals surface area contributed by atoms with Gasteiger partial charge < -0.3 is 25.4 Å². The van der Waals surface area contributed by atoms with E-state index in [4.69, 9.17) is 15.2 Å². The van der Waals surface area contributed by atoms with E-state index in [1.54, 1.807) is 30.3 Å². The first-order valence-electron chi connectivity index (χ1n) is 9.92. The van der Waals surface area contributed by atoms with Crippen molar-refractivity contribution < 1.29 is 14.3 Å². The van der Waals surface area contributed by atoms with E-state index in [-0.39, 0.29) is 36.0 Å². The smallest absolute Gasteiger partial charge is 0.241 e. The molecule has 10 heteroatoms. The SMILES string of the molecule is COc1cc(N2C[C@@H]3[C@H](CNC(=O)Cn4cccn4)[C@H]4CC[C@]3(C2)O4)nc(N)n1. The molecule has 5 rings (SSSR count). The lowest BCUT2D eigenvalue weighted by atomic mass is 9.73. The number of carbonyl (C=O) groups excluding carboxylic acids is 1. The fourth-order valence-electron chi connectivity index (χ4n) is 5.16. The van der Waals surface area contributed by atoms with Crippen LogP contribution in [0.1, 0.15) is 12.8 Å². The Balaban J connectivity index is 1.28. The van der Waals surface area contributed by atoms with E-state index in [9.17, 15) is 4.79 Å². The molecule has 0 unspecified atom stereocenters. The van der Waals surface area contributed by atoms with Crippen LogP contribution in [-0.4, -0.2) is 64.1 Å². The molecule has 3 fully saturated rings. The van der Waals surface area contributed by atoms with Crippen LogP contribution in [0.4, 0.5) is 11.8 Å². The van der Waals surface area contributed by atoms with Crippen molar-refractivity contribution in [2.45, 2.75) is 31.1 Å². The largest absolute Gasteiger partial charge is 0.481 e. The molecule has 3 saturated heterocycles. The van der Waals surface area contributed by atoms with Crippen molar-refractivity contribution in [1.82, 2.24) is 25.1 Å². The average Bonchev–Trinajstić information content (AvgIpc) is 3.47. The Morgan fingerprint density at radius 2 is 2.38 bits per heavy atom. The third-order valence-electron chi connectivity index (χ3n) is 6.42. The number of rotatable bonds is 6. The van der Waals surface area contributed by atoms with E-state index in [2.05, 4.69) is 25.3 Å². The van der Waals surface area contributed by atoms with E-state index in [0.717, 1.165) is 31.7 Å². The fraction of sp³-hybridized carbons (Fsp3) is 0.579. The molecule has 29 heavy (non-hydrogen) atoms. The number of nitrogens with zero attached hydrogens (tertiary/aromatic N) is 5. The maximum absolute atomic E-state index is 12.3. The summed E-state index contributed by atoms with van der Waals surface area (Å²) >= 11 is 0. The van der Waals surface area contributed by atoms with Crippen LogP contribution in [0.2, 0.25) is 0 Å². The van der Waals surface area contributed by atoms with Gasteiger partial charge in [0, 0.05) is 49.9 Å². The Bertz CT molecular complexity index is 905. The molecule has 5 heterocycles. The molecule has 1 spiro atoms.